The molecule has 0 aliphatic heterocycles. The monoisotopic (exact) mass is 292 g/mol. The zero-order chi connectivity index (χ0) is 15.2. The van der Waals surface area contributed by atoms with Gasteiger partial charge < -0.3 is 15.7 Å². The quantitative estimate of drug-likeness (QED) is 0.811. The topological polar surface area (TPSA) is 61.4 Å². The first-order chi connectivity index (χ1) is 10.1. The van der Waals surface area contributed by atoms with Gasteiger partial charge in [-0.3, -0.25) is 0 Å². The van der Waals surface area contributed by atoms with Crippen LogP contribution in [-0.4, -0.2) is 17.7 Å². The van der Waals surface area contributed by atoms with Gasteiger partial charge in [-0.05, 0) is 18.2 Å². The molecule has 110 valence electrons. The number of rotatable bonds is 4. The number of urea groups is 1. The number of carbonyl (C=O) groups is 1. The second-order valence-corrected chi connectivity index (χ2v) is 4.38. The van der Waals surface area contributed by atoms with Gasteiger partial charge in [-0.25, -0.2) is 13.6 Å². The Labute approximate surface area is 120 Å². The molecule has 0 heterocycles. The molecule has 21 heavy (non-hydrogen) atoms. The average molecular weight is 292 g/mol. The molecule has 3 N–H and O–H groups in total. The van der Waals surface area contributed by atoms with E-state index < -0.39 is 23.8 Å². The summed E-state index contributed by atoms with van der Waals surface area (Å²) in [6, 6.07) is 11.1. The lowest BCUT2D eigenvalue weighted by Gasteiger charge is -2.13. The van der Waals surface area contributed by atoms with Gasteiger partial charge in [-0.2, -0.15) is 0 Å². The fraction of sp³-hybridized carbons (Fsp3) is 0.133. The normalized spacial score (nSPS) is 11.8. The van der Waals surface area contributed by atoms with Gasteiger partial charge >= 0.3 is 6.03 Å². The molecule has 0 aliphatic carbocycles. The summed E-state index contributed by atoms with van der Waals surface area (Å²) in [5.41, 5.74) is 0.522. The predicted molar refractivity (Wildman–Crippen MR) is 74.8 cm³/mol. The van der Waals surface area contributed by atoms with E-state index in [4.69, 9.17) is 0 Å². The van der Waals surface area contributed by atoms with Gasteiger partial charge in [0.2, 0.25) is 0 Å². The number of nitrogens with one attached hydrogen (secondary N) is 2. The lowest BCUT2D eigenvalue weighted by atomic mass is 10.1. The predicted octanol–water partition coefficient (Wildman–Crippen LogP) is 2.82. The molecule has 2 aromatic carbocycles. The Morgan fingerprint density at radius 2 is 1.86 bits per heavy atom. The van der Waals surface area contributed by atoms with Crippen LogP contribution in [0.2, 0.25) is 0 Å². The van der Waals surface area contributed by atoms with Crippen molar-refractivity contribution in [3.63, 3.8) is 0 Å². The average Bonchev–Trinajstić information content (AvgIpc) is 2.46. The molecule has 2 rings (SSSR count). The molecule has 0 fully saturated rings. The van der Waals surface area contributed by atoms with Gasteiger partial charge in [0.05, 0.1) is 6.10 Å². The molecule has 0 bridgehead atoms. The summed E-state index contributed by atoms with van der Waals surface area (Å²) in [4.78, 5) is 11.6. The van der Waals surface area contributed by atoms with Gasteiger partial charge in [0, 0.05) is 23.9 Å². The molecule has 0 spiro atoms. The van der Waals surface area contributed by atoms with Crippen molar-refractivity contribution in [3.8, 4) is 0 Å². The summed E-state index contributed by atoms with van der Waals surface area (Å²) in [5.74, 6) is -1.58. The van der Waals surface area contributed by atoms with Crippen molar-refractivity contribution in [1.82, 2.24) is 5.32 Å². The minimum absolute atomic E-state index is 0.0728. The Kier molecular flexibility index (Phi) is 4.84. The summed E-state index contributed by atoms with van der Waals surface area (Å²) in [6.45, 7) is -0.193. The fourth-order valence-electron chi connectivity index (χ4n) is 1.77. The standard InChI is InChI=1S/C15H14F2N2O2/c16-10-6-7-12(13(17)8-10)14(20)9-18-15(21)19-11-4-2-1-3-5-11/h1-8,14,20H,9H2,(H2,18,19,21). The zero-order valence-corrected chi connectivity index (χ0v) is 11.0. The highest BCUT2D eigenvalue weighted by Crippen LogP contribution is 2.17. The first kappa shape index (κ1) is 14.9. The highest BCUT2D eigenvalue weighted by atomic mass is 19.1. The van der Waals surface area contributed by atoms with Crippen LogP contribution in [0.5, 0.6) is 0 Å². The molecule has 1 unspecified atom stereocenters. The van der Waals surface area contributed by atoms with E-state index in [9.17, 15) is 18.7 Å². The van der Waals surface area contributed by atoms with Crippen LogP contribution in [0.4, 0.5) is 19.3 Å². The number of aliphatic hydroxyl groups is 1. The smallest absolute Gasteiger partial charge is 0.319 e. The molecule has 0 saturated carbocycles. The second kappa shape index (κ2) is 6.81. The van der Waals surface area contributed by atoms with Gasteiger partial charge in [0.25, 0.3) is 0 Å². The van der Waals surface area contributed by atoms with Gasteiger partial charge in [-0.15, -0.1) is 0 Å². The molecule has 0 radical (unpaired) electrons. The Bertz CT molecular complexity index is 620. The van der Waals surface area contributed by atoms with Crippen LogP contribution in [0.25, 0.3) is 0 Å². The number of anilines is 1. The molecule has 1 atom stereocenters. The van der Waals surface area contributed by atoms with Crippen LogP contribution in [0.1, 0.15) is 11.7 Å². The maximum absolute atomic E-state index is 13.4. The van der Waals surface area contributed by atoms with E-state index in [0.29, 0.717) is 11.8 Å². The van der Waals surface area contributed by atoms with Crippen LogP contribution in [0, 0.1) is 11.6 Å². The van der Waals surface area contributed by atoms with Crippen molar-refractivity contribution in [3.05, 3.63) is 65.7 Å². The van der Waals surface area contributed by atoms with Crippen molar-refractivity contribution in [2.45, 2.75) is 6.10 Å². The first-order valence-electron chi connectivity index (χ1n) is 6.29. The van der Waals surface area contributed by atoms with Gasteiger partial charge in [-0.1, -0.05) is 24.3 Å². The Morgan fingerprint density at radius 3 is 2.52 bits per heavy atom. The SMILES string of the molecule is O=C(NCC(O)c1ccc(F)cc1F)Nc1ccccc1. The van der Waals surface area contributed by atoms with E-state index in [-0.39, 0.29) is 12.1 Å². The van der Waals surface area contributed by atoms with Crippen molar-refractivity contribution >= 4 is 11.7 Å². The van der Waals surface area contributed by atoms with Crippen molar-refractivity contribution < 1.29 is 18.7 Å². The van der Waals surface area contributed by atoms with Crippen LogP contribution >= 0.6 is 0 Å². The number of benzene rings is 2. The van der Waals surface area contributed by atoms with Crippen LogP contribution < -0.4 is 10.6 Å². The molecular formula is C15H14F2N2O2. The molecule has 2 amide bonds. The third kappa shape index (κ3) is 4.25. The first-order valence-corrected chi connectivity index (χ1v) is 6.29. The summed E-state index contributed by atoms with van der Waals surface area (Å²) in [7, 11) is 0. The maximum atomic E-state index is 13.4. The van der Waals surface area contributed by atoms with Gasteiger partial charge in [0.15, 0.2) is 0 Å². The summed E-state index contributed by atoms with van der Waals surface area (Å²) >= 11 is 0. The number of hydrogen-bond donors (Lipinski definition) is 3. The molecular weight excluding hydrogens is 278 g/mol. The van der Waals surface area contributed by atoms with E-state index in [1.165, 1.54) is 0 Å². The lowest BCUT2D eigenvalue weighted by Crippen LogP contribution is -2.32. The minimum Gasteiger partial charge on any atom is -0.386 e. The van der Waals surface area contributed by atoms with Crippen LogP contribution in [-0.2, 0) is 0 Å². The zero-order valence-electron chi connectivity index (χ0n) is 11.0. The van der Waals surface area contributed by atoms with Gasteiger partial charge in [0.1, 0.15) is 11.6 Å². The summed E-state index contributed by atoms with van der Waals surface area (Å²) in [6.07, 6.45) is -1.26. The Balaban J connectivity index is 1.89. The van der Waals surface area contributed by atoms with Crippen molar-refractivity contribution in [2.75, 3.05) is 11.9 Å². The van der Waals surface area contributed by atoms with E-state index in [1.807, 2.05) is 6.07 Å². The number of carbonyl (C=O) groups excluding carboxylic acids is 1. The molecule has 0 aromatic heterocycles. The minimum atomic E-state index is -1.26. The van der Waals surface area contributed by atoms with Crippen LogP contribution in [0.15, 0.2) is 48.5 Å². The highest BCUT2D eigenvalue weighted by Gasteiger charge is 2.14. The highest BCUT2D eigenvalue weighted by molar-refractivity contribution is 5.89. The van der Waals surface area contributed by atoms with Crippen LogP contribution in [0.3, 0.4) is 0 Å². The lowest BCUT2D eigenvalue weighted by molar-refractivity contribution is 0.170. The molecule has 4 nitrogen and oxygen atoms in total. The largest absolute Gasteiger partial charge is 0.386 e. The van der Waals surface area contributed by atoms with Crippen molar-refractivity contribution in [2.24, 2.45) is 0 Å². The van der Waals surface area contributed by atoms with E-state index in [1.54, 1.807) is 24.3 Å². The number of para-hydroxylation sites is 1. The van der Waals surface area contributed by atoms with E-state index >= 15 is 0 Å². The number of amides is 2. The number of aliphatic hydroxyl groups excluding tert-OH is 1. The summed E-state index contributed by atoms with van der Waals surface area (Å²) < 4.78 is 26.2. The Morgan fingerprint density at radius 1 is 1.14 bits per heavy atom. The number of halogens is 2. The molecule has 6 heteroatoms. The third-order valence-electron chi connectivity index (χ3n) is 2.81. The van der Waals surface area contributed by atoms with E-state index in [0.717, 1.165) is 12.1 Å². The second-order valence-electron chi connectivity index (χ2n) is 4.38. The third-order valence-corrected chi connectivity index (χ3v) is 2.81. The maximum Gasteiger partial charge on any atom is 0.319 e. The van der Waals surface area contributed by atoms with E-state index in [2.05, 4.69) is 10.6 Å². The van der Waals surface area contributed by atoms with Crippen molar-refractivity contribution in [1.29, 1.82) is 0 Å². The Hall–Kier alpha value is -2.47. The molecule has 0 saturated heterocycles. The molecule has 2 aromatic rings. The number of hydrogen-bond acceptors (Lipinski definition) is 2. The summed E-state index contributed by atoms with van der Waals surface area (Å²) in [5, 5.41) is 14.8. The fourth-order valence-corrected chi connectivity index (χ4v) is 1.77. The molecule has 0 aliphatic rings.